The number of carboxylic acids is 1. The van der Waals surface area contributed by atoms with E-state index >= 15 is 0 Å². The normalized spacial score (nSPS) is 10.5. The molecule has 2 rings (SSSR count). The fourth-order valence-corrected chi connectivity index (χ4v) is 1.89. The van der Waals surface area contributed by atoms with Gasteiger partial charge in [-0.15, -0.1) is 0 Å². The molecule has 1 aromatic heterocycles. The molecule has 0 bridgehead atoms. The van der Waals surface area contributed by atoms with Crippen LogP contribution in [0, 0.1) is 6.92 Å². The highest BCUT2D eigenvalue weighted by Crippen LogP contribution is 2.22. The van der Waals surface area contributed by atoms with Gasteiger partial charge in [0.15, 0.2) is 0 Å². The van der Waals surface area contributed by atoms with Crippen LogP contribution in [-0.4, -0.2) is 16.1 Å². The number of pyridine rings is 1. The zero-order valence-corrected chi connectivity index (χ0v) is 9.58. The third-order valence-electron chi connectivity index (χ3n) is 2.12. The van der Waals surface area contributed by atoms with Crippen LogP contribution < -0.4 is 0 Å². The fraction of sp³-hybridized carbons (Fsp3) is 0.0909. The summed E-state index contributed by atoms with van der Waals surface area (Å²) in [5, 5.41) is 9.86. The number of nitrogens with zero attached hydrogens (tertiary/aromatic N) is 1. The summed E-state index contributed by atoms with van der Waals surface area (Å²) >= 11 is 3.31. The number of carboxylic acid groups (broad SMARTS) is 1. The van der Waals surface area contributed by atoms with Gasteiger partial charge in [-0.25, -0.2) is 4.79 Å². The minimum absolute atomic E-state index is 0.248. The molecule has 0 amide bonds. The topological polar surface area (TPSA) is 50.2 Å². The van der Waals surface area contributed by atoms with Crippen molar-refractivity contribution in [2.45, 2.75) is 6.92 Å². The lowest BCUT2D eigenvalue weighted by Gasteiger charge is -2.03. The van der Waals surface area contributed by atoms with Gasteiger partial charge in [0.2, 0.25) is 0 Å². The molecule has 76 valence electrons. The molecule has 1 aromatic carbocycles. The molecule has 0 radical (unpaired) electrons. The number of rotatable bonds is 1. The largest absolute Gasteiger partial charge is 0.478 e. The number of aromatic carboxylic acids is 1. The molecule has 0 aliphatic carbocycles. The smallest absolute Gasteiger partial charge is 0.337 e. The van der Waals surface area contributed by atoms with Crippen LogP contribution in [0.5, 0.6) is 0 Å². The Balaban J connectivity index is 2.86. The SMILES string of the molecule is Cc1cc(C(=O)O)c2ncc(Br)cc2c1. The lowest BCUT2D eigenvalue weighted by atomic mass is 10.1. The summed E-state index contributed by atoms with van der Waals surface area (Å²) < 4.78 is 0.844. The Kier molecular flexibility index (Phi) is 2.44. The third kappa shape index (κ3) is 1.85. The van der Waals surface area contributed by atoms with Crippen LogP contribution in [-0.2, 0) is 0 Å². The minimum atomic E-state index is -0.946. The number of hydrogen-bond acceptors (Lipinski definition) is 2. The van der Waals surface area contributed by atoms with E-state index in [1.54, 1.807) is 12.3 Å². The van der Waals surface area contributed by atoms with E-state index in [1.807, 2.05) is 19.1 Å². The van der Waals surface area contributed by atoms with E-state index in [0.717, 1.165) is 15.4 Å². The van der Waals surface area contributed by atoms with Crippen molar-refractivity contribution in [1.29, 1.82) is 0 Å². The van der Waals surface area contributed by atoms with Gasteiger partial charge in [0, 0.05) is 16.1 Å². The Morgan fingerprint density at radius 3 is 2.80 bits per heavy atom. The van der Waals surface area contributed by atoms with Gasteiger partial charge in [-0.1, -0.05) is 0 Å². The van der Waals surface area contributed by atoms with E-state index in [1.165, 1.54) is 0 Å². The molecule has 0 aliphatic heterocycles. The first-order chi connectivity index (χ1) is 7.08. The number of benzene rings is 1. The van der Waals surface area contributed by atoms with Crippen molar-refractivity contribution in [3.05, 3.63) is 40.0 Å². The van der Waals surface area contributed by atoms with Gasteiger partial charge in [-0.2, -0.15) is 0 Å². The predicted molar refractivity (Wildman–Crippen MR) is 61.1 cm³/mol. The summed E-state index contributed by atoms with van der Waals surface area (Å²) in [6, 6.07) is 5.41. The molecule has 0 saturated carbocycles. The van der Waals surface area contributed by atoms with E-state index in [9.17, 15) is 4.79 Å². The van der Waals surface area contributed by atoms with Crippen LogP contribution in [0.4, 0.5) is 0 Å². The second-order valence-corrected chi connectivity index (χ2v) is 4.26. The van der Waals surface area contributed by atoms with Gasteiger partial charge in [0.25, 0.3) is 0 Å². The van der Waals surface area contributed by atoms with Crippen LogP contribution in [0.3, 0.4) is 0 Å². The van der Waals surface area contributed by atoms with E-state index in [2.05, 4.69) is 20.9 Å². The highest BCUT2D eigenvalue weighted by molar-refractivity contribution is 9.10. The van der Waals surface area contributed by atoms with Crippen molar-refractivity contribution < 1.29 is 9.90 Å². The maximum Gasteiger partial charge on any atom is 0.337 e. The van der Waals surface area contributed by atoms with Crippen LogP contribution in [0.2, 0.25) is 0 Å². The maximum absolute atomic E-state index is 11.0. The van der Waals surface area contributed by atoms with Crippen molar-refractivity contribution in [3.8, 4) is 0 Å². The molecule has 1 heterocycles. The van der Waals surface area contributed by atoms with Crippen molar-refractivity contribution in [3.63, 3.8) is 0 Å². The minimum Gasteiger partial charge on any atom is -0.478 e. The van der Waals surface area contributed by atoms with E-state index in [4.69, 9.17) is 5.11 Å². The number of aryl methyl sites for hydroxylation is 1. The van der Waals surface area contributed by atoms with E-state index in [-0.39, 0.29) is 5.56 Å². The monoisotopic (exact) mass is 265 g/mol. The molecule has 0 atom stereocenters. The van der Waals surface area contributed by atoms with Crippen molar-refractivity contribution in [2.75, 3.05) is 0 Å². The Hall–Kier alpha value is -1.42. The summed E-state index contributed by atoms with van der Waals surface area (Å²) in [6.07, 6.45) is 1.60. The number of aromatic nitrogens is 1. The number of fused-ring (bicyclic) bond motifs is 1. The zero-order chi connectivity index (χ0) is 11.0. The molecule has 0 fully saturated rings. The average molecular weight is 266 g/mol. The van der Waals surface area contributed by atoms with Gasteiger partial charge in [-0.05, 0) is 46.6 Å². The predicted octanol–water partition coefficient (Wildman–Crippen LogP) is 3.00. The Labute approximate surface area is 94.9 Å². The molecular formula is C11H8BrNO2. The lowest BCUT2D eigenvalue weighted by molar-refractivity contribution is 0.0698. The summed E-state index contributed by atoms with van der Waals surface area (Å²) in [5.41, 5.74) is 1.69. The Morgan fingerprint density at radius 2 is 2.13 bits per heavy atom. The Morgan fingerprint density at radius 1 is 1.40 bits per heavy atom. The average Bonchev–Trinajstić information content (AvgIpc) is 2.15. The molecule has 15 heavy (non-hydrogen) atoms. The van der Waals surface area contributed by atoms with Gasteiger partial charge in [0.05, 0.1) is 11.1 Å². The number of hydrogen-bond donors (Lipinski definition) is 1. The number of halogens is 1. The first-order valence-corrected chi connectivity index (χ1v) is 5.16. The molecule has 0 saturated heterocycles. The summed E-state index contributed by atoms with van der Waals surface area (Å²) in [5.74, 6) is -0.946. The third-order valence-corrected chi connectivity index (χ3v) is 2.56. The molecular weight excluding hydrogens is 258 g/mol. The summed E-state index contributed by atoms with van der Waals surface area (Å²) in [7, 11) is 0. The lowest BCUT2D eigenvalue weighted by Crippen LogP contribution is -1.99. The van der Waals surface area contributed by atoms with Crippen molar-refractivity contribution in [1.82, 2.24) is 4.98 Å². The van der Waals surface area contributed by atoms with Gasteiger partial charge in [0.1, 0.15) is 0 Å². The van der Waals surface area contributed by atoms with Crippen LogP contribution in [0.1, 0.15) is 15.9 Å². The molecule has 2 aromatic rings. The highest BCUT2D eigenvalue weighted by atomic mass is 79.9. The molecule has 0 unspecified atom stereocenters. The standard InChI is InChI=1S/C11H8BrNO2/c1-6-2-7-4-8(12)5-13-10(7)9(3-6)11(14)15/h2-5H,1H3,(H,14,15). The Bertz CT molecular complexity index is 546. The second kappa shape index (κ2) is 3.62. The van der Waals surface area contributed by atoms with Crippen LogP contribution in [0.25, 0.3) is 10.9 Å². The molecule has 1 N–H and O–H groups in total. The first-order valence-electron chi connectivity index (χ1n) is 4.37. The maximum atomic E-state index is 11.0. The molecule has 0 aliphatic rings. The van der Waals surface area contributed by atoms with E-state index < -0.39 is 5.97 Å². The fourth-order valence-electron chi connectivity index (χ4n) is 1.54. The van der Waals surface area contributed by atoms with Crippen LogP contribution >= 0.6 is 15.9 Å². The molecule has 4 heteroatoms. The van der Waals surface area contributed by atoms with Gasteiger partial charge >= 0.3 is 5.97 Å². The van der Waals surface area contributed by atoms with E-state index in [0.29, 0.717) is 5.52 Å². The summed E-state index contributed by atoms with van der Waals surface area (Å²) in [6.45, 7) is 1.87. The highest BCUT2D eigenvalue weighted by Gasteiger charge is 2.10. The van der Waals surface area contributed by atoms with Crippen molar-refractivity contribution >= 4 is 32.8 Å². The first kappa shape index (κ1) is 10.1. The van der Waals surface area contributed by atoms with Gasteiger partial charge in [-0.3, -0.25) is 4.98 Å². The number of carbonyl (C=O) groups is 1. The second-order valence-electron chi connectivity index (χ2n) is 3.34. The quantitative estimate of drug-likeness (QED) is 0.863. The zero-order valence-electron chi connectivity index (χ0n) is 7.99. The summed E-state index contributed by atoms with van der Waals surface area (Å²) in [4.78, 5) is 15.1. The van der Waals surface area contributed by atoms with Crippen LogP contribution in [0.15, 0.2) is 28.9 Å². The van der Waals surface area contributed by atoms with Crippen molar-refractivity contribution in [2.24, 2.45) is 0 Å². The van der Waals surface area contributed by atoms with Gasteiger partial charge < -0.3 is 5.11 Å². The molecule has 3 nitrogen and oxygen atoms in total. The molecule has 0 spiro atoms.